The lowest BCUT2D eigenvalue weighted by Crippen LogP contribution is -1.90. The predicted octanol–water partition coefficient (Wildman–Crippen LogP) is 2.89. The fourth-order valence-electron chi connectivity index (χ4n) is 1.58. The number of phenols is 1. The van der Waals surface area contributed by atoms with Crippen molar-refractivity contribution in [1.82, 2.24) is 0 Å². The topological polar surface area (TPSA) is 40.5 Å². The molecule has 0 bridgehead atoms. The van der Waals surface area contributed by atoms with Gasteiger partial charge in [-0.25, -0.2) is 0 Å². The van der Waals surface area contributed by atoms with Gasteiger partial charge in [0.25, 0.3) is 0 Å². The van der Waals surface area contributed by atoms with Crippen LogP contribution in [0.1, 0.15) is 18.6 Å². The Labute approximate surface area is 93.6 Å². The largest absolute Gasteiger partial charge is 0.506 e. The van der Waals surface area contributed by atoms with Gasteiger partial charge in [-0.3, -0.25) is 0 Å². The molecule has 0 aromatic heterocycles. The molecule has 15 heavy (non-hydrogen) atoms. The molecule has 0 spiro atoms. The third-order valence-electron chi connectivity index (χ3n) is 2.48. The monoisotopic (exact) mass is 220 g/mol. The van der Waals surface area contributed by atoms with Crippen molar-refractivity contribution in [3.63, 3.8) is 0 Å². The van der Waals surface area contributed by atoms with Crippen molar-refractivity contribution >= 4 is 23.4 Å². The van der Waals surface area contributed by atoms with Gasteiger partial charge in [0.05, 0.1) is 6.10 Å². The number of hydrogen-bond acceptors (Lipinski definition) is 3. The van der Waals surface area contributed by atoms with E-state index in [2.05, 4.69) is 12.6 Å². The van der Waals surface area contributed by atoms with Gasteiger partial charge in [-0.05, 0) is 30.0 Å². The van der Waals surface area contributed by atoms with E-state index in [1.54, 1.807) is 25.1 Å². The second-order valence-corrected chi connectivity index (χ2v) is 4.07. The SMILES string of the molecule is CC(O)c1ccc2c(O)c(S)ccc2c1. The van der Waals surface area contributed by atoms with Crippen LogP contribution in [0.25, 0.3) is 10.8 Å². The van der Waals surface area contributed by atoms with Crippen molar-refractivity contribution in [3.8, 4) is 5.75 Å². The number of aromatic hydroxyl groups is 1. The van der Waals surface area contributed by atoms with Gasteiger partial charge in [0.1, 0.15) is 5.75 Å². The summed E-state index contributed by atoms with van der Waals surface area (Å²) in [6, 6.07) is 9.09. The highest BCUT2D eigenvalue weighted by Gasteiger charge is 2.06. The van der Waals surface area contributed by atoms with Crippen molar-refractivity contribution in [2.45, 2.75) is 17.9 Å². The first-order valence-electron chi connectivity index (χ1n) is 4.72. The van der Waals surface area contributed by atoms with Crippen molar-refractivity contribution in [2.24, 2.45) is 0 Å². The van der Waals surface area contributed by atoms with E-state index in [9.17, 15) is 10.2 Å². The minimum Gasteiger partial charge on any atom is -0.506 e. The number of fused-ring (bicyclic) bond motifs is 1. The summed E-state index contributed by atoms with van der Waals surface area (Å²) in [5, 5.41) is 20.8. The molecule has 2 aromatic rings. The second kappa shape index (κ2) is 3.76. The van der Waals surface area contributed by atoms with E-state index < -0.39 is 6.10 Å². The molecule has 0 fully saturated rings. The van der Waals surface area contributed by atoms with Gasteiger partial charge in [-0.15, -0.1) is 12.6 Å². The normalized spacial score (nSPS) is 13.0. The zero-order chi connectivity index (χ0) is 11.0. The molecule has 2 nitrogen and oxygen atoms in total. The molecule has 0 saturated heterocycles. The van der Waals surface area contributed by atoms with Crippen LogP contribution < -0.4 is 0 Å². The van der Waals surface area contributed by atoms with E-state index in [4.69, 9.17) is 0 Å². The van der Waals surface area contributed by atoms with Crippen molar-refractivity contribution in [3.05, 3.63) is 35.9 Å². The highest BCUT2D eigenvalue weighted by atomic mass is 32.1. The van der Waals surface area contributed by atoms with Crippen LogP contribution in [0.4, 0.5) is 0 Å². The zero-order valence-electron chi connectivity index (χ0n) is 8.31. The molecule has 2 rings (SSSR count). The Kier molecular flexibility index (Phi) is 2.59. The first kappa shape index (κ1) is 10.3. The summed E-state index contributed by atoms with van der Waals surface area (Å²) >= 11 is 4.14. The van der Waals surface area contributed by atoms with Gasteiger partial charge in [-0.1, -0.05) is 18.2 Å². The molecule has 2 aromatic carbocycles. The molecule has 3 heteroatoms. The Bertz CT molecular complexity index is 506. The van der Waals surface area contributed by atoms with Gasteiger partial charge in [0, 0.05) is 10.3 Å². The lowest BCUT2D eigenvalue weighted by Gasteiger charge is -2.08. The number of rotatable bonds is 1. The maximum absolute atomic E-state index is 9.75. The number of hydrogen-bond donors (Lipinski definition) is 3. The highest BCUT2D eigenvalue weighted by molar-refractivity contribution is 7.80. The first-order valence-corrected chi connectivity index (χ1v) is 5.17. The lowest BCUT2D eigenvalue weighted by atomic mass is 10.0. The summed E-state index contributed by atoms with van der Waals surface area (Å²) in [5.74, 6) is 0.188. The fourth-order valence-corrected chi connectivity index (χ4v) is 1.78. The van der Waals surface area contributed by atoms with Crippen LogP contribution in [0.2, 0.25) is 0 Å². The summed E-state index contributed by atoms with van der Waals surface area (Å²) in [6.45, 7) is 1.72. The number of thiol groups is 1. The molecule has 0 saturated carbocycles. The zero-order valence-corrected chi connectivity index (χ0v) is 9.20. The molecule has 1 atom stereocenters. The van der Waals surface area contributed by atoms with E-state index in [0.717, 1.165) is 16.3 Å². The number of aliphatic hydroxyl groups is 1. The second-order valence-electron chi connectivity index (χ2n) is 3.59. The Morgan fingerprint density at radius 2 is 1.93 bits per heavy atom. The molecule has 0 aliphatic heterocycles. The van der Waals surface area contributed by atoms with Crippen molar-refractivity contribution < 1.29 is 10.2 Å². The minimum atomic E-state index is -0.493. The first-order chi connectivity index (χ1) is 7.09. The van der Waals surface area contributed by atoms with Gasteiger partial charge < -0.3 is 10.2 Å². The molecule has 78 valence electrons. The molecular formula is C12H12O2S. The van der Waals surface area contributed by atoms with Crippen LogP contribution in [-0.4, -0.2) is 10.2 Å². The van der Waals surface area contributed by atoms with Crippen molar-refractivity contribution in [2.75, 3.05) is 0 Å². The molecule has 1 unspecified atom stereocenters. The van der Waals surface area contributed by atoms with Gasteiger partial charge in [0.2, 0.25) is 0 Å². The third kappa shape index (κ3) is 1.80. The summed E-state index contributed by atoms with van der Waals surface area (Å²) in [4.78, 5) is 0.562. The van der Waals surface area contributed by atoms with Crippen LogP contribution in [0.5, 0.6) is 5.75 Å². The van der Waals surface area contributed by atoms with Gasteiger partial charge in [-0.2, -0.15) is 0 Å². The minimum absolute atomic E-state index is 0.188. The Balaban J connectivity index is 2.70. The lowest BCUT2D eigenvalue weighted by molar-refractivity contribution is 0.199. The average Bonchev–Trinajstić information content (AvgIpc) is 2.23. The number of benzene rings is 2. The van der Waals surface area contributed by atoms with Crippen molar-refractivity contribution in [1.29, 1.82) is 0 Å². The van der Waals surface area contributed by atoms with E-state index in [1.807, 2.05) is 12.1 Å². The third-order valence-corrected chi connectivity index (χ3v) is 2.84. The van der Waals surface area contributed by atoms with E-state index in [0.29, 0.717) is 4.90 Å². The van der Waals surface area contributed by atoms with E-state index >= 15 is 0 Å². The molecular weight excluding hydrogens is 208 g/mol. The van der Waals surface area contributed by atoms with Crippen LogP contribution in [0, 0.1) is 0 Å². The number of aliphatic hydroxyl groups excluding tert-OH is 1. The summed E-state index contributed by atoms with van der Waals surface area (Å²) in [7, 11) is 0. The summed E-state index contributed by atoms with van der Waals surface area (Å²) in [6.07, 6.45) is -0.493. The molecule has 0 radical (unpaired) electrons. The molecule has 2 N–H and O–H groups in total. The molecule has 0 heterocycles. The van der Waals surface area contributed by atoms with E-state index in [1.165, 1.54) is 0 Å². The standard InChI is InChI=1S/C12H12O2S/c1-7(13)8-2-4-10-9(6-8)3-5-11(15)12(10)14/h2-7,13-15H,1H3. The van der Waals surface area contributed by atoms with Gasteiger partial charge >= 0.3 is 0 Å². The van der Waals surface area contributed by atoms with E-state index in [-0.39, 0.29) is 5.75 Å². The quantitative estimate of drug-likeness (QED) is 0.647. The molecule has 0 aliphatic carbocycles. The summed E-state index contributed by atoms with van der Waals surface area (Å²) < 4.78 is 0. The number of phenolic OH excluding ortho intramolecular Hbond substituents is 1. The maximum atomic E-state index is 9.75. The fraction of sp³-hybridized carbons (Fsp3) is 0.167. The Morgan fingerprint density at radius 3 is 2.60 bits per heavy atom. The van der Waals surface area contributed by atoms with Crippen LogP contribution >= 0.6 is 12.6 Å². The predicted molar refractivity (Wildman–Crippen MR) is 63.5 cm³/mol. The van der Waals surface area contributed by atoms with Crippen LogP contribution in [-0.2, 0) is 0 Å². The maximum Gasteiger partial charge on any atom is 0.136 e. The molecule has 0 aliphatic rings. The smallest absolute Gasteiger partial charge is 0.136 e. The van der Waals surface area contributed by atoms with Crippen LogP contribution in [0.3, 0.4) is 0 Å². The average molecular weight is 220 g/mol. The molecule has 0 amide bonds. The van der Waals surface area contributed by atoms with Gasteiger partial charge in [0.15, 0.2) is 0 Å². The highest BCUT2D eigenvalue weighted by Crippen LogP contribution is 2.32. The summed E-state index contributed by atoms with van der Waals surface area (Å²) in [5.41, 5.74) is 0.841. The Morgan fingerprint density at radius 1 is 1.20 bits per heavy atom. The Hall–Kier alpha value is -1.19. The van der Waals surface area contributed by atoms with Crippen LogP contribution in [0.15, 0.2) is 35.2 Å².